The van der Waals surface area contributed by atoms with Gasteiger partial charge in [0.1, 0.15) is 11.9 Å². The van der Waals surface area contributed by atoms with Gasteiger partial charge in [-0.2, -0.15) is 13.4 Å². The summed E-state index contributed by atoms with van der Waals surface area (Å²) in [5.74, 6) is 1.78. The van der Waals surface area contributed by atoms with Gasteiger partial charge < -0.3 is 9.64 Å². The van der Waals surface area contributed by atoms with Gasteiger partial charge in [-0.1, -0.05) is 26.8 Å². The molecule has 0 bridgehead atoms. The number of carbonyl (C=O) groups is 1. The van der Waals surface area contributed by atoms with Crippen LogP contribution in [-0.2, 0) is 10.0 Å². The molecule has 1 atom stereocenters. The number of nitrogens with one attached hydrogen (secondary N) is 1. The fourth-order valence-electron chi connectivity index (χ4n) is 5.28. The van der Waals surface area contributed by atoms with Crippen molar-refractivity contribution in [2.75, 3.05) is 11.4 Å². The van der Waals surface area contributed by atoms with E-state index in [9.17, 15) is 13.2 Å². The van der Waals surface area contributed by atoms with Gasteiger partial charge in [-0.05, 0) is 81.9 Å². The fourth-order valence-corrected chi connectivity index (χ4v) is 6.21. The quantitative estimate of drug-likeness (QED) is 0.565. The zero-order chi connectivity index (χ0) is 26.1. The molecule has 1 saturated heterocycles. The highest BCUT2D eigenvalue weighted by Gasteiger charge is 2.40. The van der Waals surface area contributed by atoms with E-state index in [1.807, 2.05) is 0 Å². The molecule has 2 fully saturated rings. The van der Waals surface area contributed by atoms with Crippen molar-refractivity contribution in [1.82, 2.24) is 14.7 Å². The molecular formula is C27H38N4O4S. The Bertz CT molecular complexity index is 1190. The lowest BCUT2D eigenvalue weighted by atomic mass is 9.80. The summed E-state index contributed by atoms with van der Waals surface area (Å²) >= 11 is 0. The average Bonchev–Trinajstić information content (AvgIpc) is 3.11. The first-order valence-electron chi connectivity index (χ1n) is 12.9. The van der Waals surface area contributed by atoms with Gasteiger partial charge >= 0.3 is 0 Å². The van der Waals surface area contributed by atoms with Crippen LogP contribution in [0.5, 0.6) is 5.88 Å². The number of sulfonamides is 1. The zero-order valence-corrected chi connectivity index (χ0v) is 22.7. The summed E-state index contributed by atoms with van der Waals surface area (Å²) in [6, 6.07) is 7.86. The normalized spacial score (nSPS) is 24.1. The van der Waals surface area contributed by atoms with Gasteiger partial charge in [-0.3, -0.25) is 4.79 Å². The SMILES string of the molecule is CC(C)C1CCC(Oc2cccc(S(=O)(=O)NC(=O)c3cccnc3N3CCC(C)C3(C)C)n2)CC1. The molecular weight excluding hydrogens is 476 g/mol. The molecule has 1 saturated carbocycles. The number of nitrogens with zero attached hydrogens (tertiary/aromatic N) is 3. The van der Waals surface area contributed by atoms with Crippen molar-refractivity contribution in [3.05, 3.63) is 42.1 Å². The fraction of sp³-hybridized carbons (Fsp3) is 0.593. The standard InChI is InChI=1S/C27H38N4O4S/c1-18(2)20-11-13-21(14-12-20)35-23-9-6-10-24(29-23)36(33,34)30-26(32)22-8-7-16-28-25(22)31-17-15-19(3)27(31,4)5/h6-10,16,18-21H,11-15,17H2,1-5H3,(H,30,32). The number of aromatic nitrogens is 2. The number of rotatable bonds is 7. The first-order valence-corrected chi connectivity index (χ1v) is 14.4. The van der Waals surface area contributed by atoms with Crippen molar-refractivity contribution < 1.29 is 17.9 Å². The van der Waals surface area contributed by atoms with Crippen LogP contribution in [0.1, 0.15) is 77.1 Å². The van der Waals surface area contributed by atoms with Gasteiger partial charge in [0.25, 0.3) is 15.9 Å². The summed E-state index contributed by atoms with van der Waals surface area (Å²) in [5, 5.41) is -0.246. The molecule has 36 heavy (non-hydrogen) atoms. The van der Waals surface area contributed by atoms with E-state index < -0.39 is 15.9 Å². The van der Waals surface area contributed by atoms with Gasteiger partial charge in [0.15, 0.2) is 5.03 Å². The number of hydrogen-bond donors (Lipinski definition) is 1. The minimum atomic E-state index is -4.21. The molecule has 196 valence electrons. The highest BCUT2D eigenvalue weighted by atomic mass is 32.2. The van der Waals surface area contributed by atoms with Gasteiger partial charge in [0.2, 0.25) is 5.88 Å². The zero-order valence-electron chi connectivity index (χ0n) is 21.9. The van der Waals surface area contributed by atoms with Gasteiger partial charge in [-0.25, -0.2) is 9.71 Å². The summed E-state index contributed by atoms with van der Waals surface area (Å²) in [6.07, 6.45) is 6.65. The maximum absolute atomic E-state index is 13.2. The third kappa shape index (κ3) is 5.51. The molecule has 1 aliphatic heterocycles. The predicted molar refractivity (Wildman–Crippen MR) is 140 cm³/mol. The van der Waals surface area contributed by atoms with Crippen molar-refractivity contribution in [3.8, 4) is 5.88 Å². The van der Waals surface area contributed by atoms with E-state index in [1.54, 1.807) is 30.5 Å². The topological polar surface area (TPSA) is 101 Å². The van der Waals surface area contributed by atoms with Crippen LogP contribution in [0.2, 0.25) is 0 Å². The third-order valence-corrected chi connectivity index (χ3v) is 9.36. The molecule has 8 nitrogen and oxygen atoms in total. The molecule has 2 aliphatic rings. The van der Waals surface area contributed by atoms with Crippen LogP contribution in [0.25, 0.3) is 0 Å². The molecule has 1 aliphatic carbocycles. The third-order valence-electron chi connectivity index (χ3n) is 8.12. The van der Waals surface area contributed by atoms with E-state index in [0.717, 1.165) is 38.6 Å². The minimum absolute atomic E-state index is 0.0178. The average molecular weight is 515 g/mol. The number of amides is 1. The van der Waals surface area contributed by atoms with Crippen LogP contribution in [-0.4, -0.2) is 42.5 Å². The highest BCUT2D eigenvalue weighted by Crippen LogP contribution is 2.38. The lowest BCUT2D eigenvalue weighted by molar-refractivity contribution is 0.0980. The largest absolute Gasteiger partial charge is 0.474 e. The Morgan fingerprint density at radius 1 is 1.11 bits per heavy atom. The second-order valence-electron chi connectivity index (χ2n) is 11.0. The number of carbonyl (C=O) groups excluding carboxylic acids is 1. The summed E-state index contributed by atoms with van der Waals surface area (Å²) < 4.78 is 34.4. The first kappa shape index (κ1) is 26.4. The van der Waals surface area contributed by atoms with Crippen molar-refractivity contribution in [3.63, 3.8) is 0 Å². The van der Waals surface area contributed by atoms with Crippen LogP contribution in [0.3, 0.4) is 0 Å². The Kier molecular flexibility index (Phi) is 7.59. The van der Waals surface area contributed by atoms with Crippen LogP contribution < -0.4 is 14.4 Å². The summed E-state index contributed by atoms with van der Waals surface area (Å²) in [6.45, 7) is 11.6. The van der Waals surface area contributed by atoms with Crippen molar-refractivity contribution >= 4 is 21.7 Å². The molecule has 1 unspecified atom stereocenters. The van der Waals surface area contributed by atoms with Crippen molar-refractivity contribution in [2.24, 2.45) is 17.8 Å². The monoisotopic (exact) mass is 514 g/mol. The lowest BCUT2D eigenvalue weighted by Gasteiger charge is -2.36. The lowest BCUT2D eigenvalue weighted by Crippen LogP contribution is -2.43. The Labute approximate surface area is 214 Å². The maximum Gasteiger partial charge on any atom is 0.281 e. The van der Waals surface area contributed by atoms with Crippen LogP contribution >= 0.6 is 0 Å². The van der Waals surface area contributed by atoms with Gasteiger partial charge in [0, 0.05) is 24.3 Å². The summed E-state index contributed by atoms with van der Waals surface area (Å²) in [7, 11) is -4.21. The number of anilines is 1. The molecule has 1 amide bonds. The van der Waals surface area contributed by atoms with E-state index in [-0.39, 0.29) is 28.1 Å². The molecule has 2 aromatic heterocycles. The number of hydrogen-bond acceptors (Lipinski definition) is 7. The van der Waals surface area contributed by atoms with Crippen LogP contribution in [0.15, 0.2) is 41.6 Å². The summed E-state index contributed by atoms with van der Waals surface area (Å²) in [4.78, 5) is 23.9. The smallest absolute Gasteiger partial charge is 0.281 e. The molecule has 9 heteroatoms. The molecule has 3 heterocycles. The Hall–Kier alpha value is -2.68. The van der Waals surface area contributed by atoms with Gasteiger partial charge in [0.05, 0.1) is 5.56 Å². The summed E-state index contributed by atoms with van der Waals surface area (Å²) in [5.41, 5.74) is 0.0154. The Morgan fingerprint density at radius 3 is 2.47 bits per heavy atom. The Balaban J connectivity index is 1.48. The van der Waals surface area contributed by atoms with Crippen molar-refractivity contribution in [2.45, 2.75) is 83.4 Å². The first-order chi connectivity index (χ1) is 17.0. The number of pyridine rings is 2. The second kappa shape index (κ2) is 10.4. The minimum Gasteiger partial charge on any atom is -0.474 e. The van der Waals surface area contributed by atoms with E-state index in [4.69, 9.17) is 4.74 Å². The Morgan fingerprint density at radius 2 is 1.83 bits per heavy atom. The van der Waals surface area contributed by atoms with E-state index >= 15 is 0 Å². The van der Waals surface area contributed by atoms with Crippen LogP contribution in [0.4, 0.5) is 5.82 Å². The maximum atomic E-state index is 13.2. The van der Waals surface area contributed by atoms with E-state index in [2.05, 4.69) is 54.2 Å². The molecule has 0 aromatic carbocycles. The second-order valence-corrected chi connectivity index (χ2v) is 12.6. The number of ether oxygens (including phenoxy) is 1. The molecule has 2 aromatic rings. The predicted octanol–water partition coefficient (Wildman–Crippen LogP) is 4.81. The van der Waals surface area contributed by atoms with Crippen molar-refractivity contribution in [1.29, 1.82) is 0 Å². The van der Waals surface area contributed by atoms with E-state index in [0.29, 0.717) is 23.6 Å². The molecule has 4 rings (SSSR count). The van der Waals surface area contributed by atoms with Crippen LogP contribution in [0, 0.1) is 17.8 Å². The molecule has 0 radical (unpaired) electrons. The van der Waals surface area contributed by atoms with E-state index in [1.165, 1.54) is 6.07 Å². The molecule has 0 spiro atoms. The van der Waals surface area contributed by atoms with Gasteiger partial charge in [-0.15, -0.1) is 0 Å². The highest BCUT2D eigenvalue weighted by molar-refractivity contribution is 7.90. The molecule has 1 N–H and O–H groups in total.